The Bertz CT molecular complexity index is 586. The zero-order chi connectivity index (χ0) is 14.9. The third-order valence-corrected chi connectivity index (χ3v) is 6.00. The molecule has 0 amide bonds. The molecular formula is C14H22N2O3S. The molecule has 112 valence electrons. The molecule has 0 aliphatic carbocycles. The van der Waals surface area contributed by atoms with Gasteiger partial charge in [-0.3, -0.25) is 0 Å². The van der Waals surface area contributed by atoms with Gasteiger partial charge in [-0.2, -0.15) is 4.31 Å². The molecule has 0 radical (unpaired) electrons. The van der Waals surface area contributed by atoms with Crippen LogP contribution in [0.3, 0.4) is 0 Å². The van der Waals surface area contributed by atoms with E-state index < -0.39 is 16.1 Å². The number of rotatable bonds is 3. The van der Waals surface area contributed by atoms with Crippen molar-refractivity contribution in [1.82, 2.24) is 4.31 Å². The highest BCUT2D eigenvalue weighted by Crippen LogP contribution is 2.26. The molecule has 0 saturated carbocycles. The second kappa shape index (κ2) is 5.81. The maximum atomic E-state index is 12.6. The van der Waals surface area contributed by atoms with E-state index in [0.29, 0.717) is 30.0 Å². The van der Waals surface area contributed by atoms with Gasteiger partial charge in [0.05, 0.1) is 11.0 Å². The summed E-state index contributed by atoms with van der Waals surface area (Å²) < 4.78 is 26.7. The van der Waals surface area contributed by atoms with Crippen molar-refractivity contribution in [2.75, 3.05) is 13.1 Å². The third-order valence-electron chi connectivity index (χ3n) is 3.97. The standard InChI is InChI=1S/C14H22N2O3S/c1-10-5-6-16(9-13(10)17)20(18,19)14-4-3-12(8-15)7-11(14)2/h3-4,7,10,13,17H,5-6,8-9,15H2,1-2H3. The van der Waals surface area contributed by atoms with E-state index in [1.165, 1.54) is 4.31 Å². The lowest BCUT2D eigenvalue weighted by Crippen LogP contribution is -2.45. The van der Waals surface area contributed by atoms with E-state index in [2.05, 4.69) is 0 Å². The number of aliphatic hydroxyl groups is 1. The molecule has 2 rings (SSSR count). The lowest BCUT2D eigenvalue weighted by Gasteiger charge is -2.33. The normalized spacial score (nSPS) is 24.8. The van der Waals surface area contributed by atoms with Gasteiger partial charge in [-0.15, -0.1) is 0 Å². The van der Waals surface area contributed by atoms with Crippen molar-refractivity contribution in [2.45, 2.75) is 37.8 Å². The number of aliphatic hydroxyl groups excluding tert-OH is 1. The van der Waals surface area contributed by atoms with Crippen molar-refractivity contribution in [3.63, 3.8) is 0 Å². The smallest absolute Gasteiger partial charge is 0.243 e. The van der Waals surface area contributed by atoms with Gasteiger partial charge in [-0.05, 0) is 36.5 Å². The number of piperidine rings is 1. The van der Waals surface area contributed by atoms with Gasteiger partial charge in [0.25, 0.3) is 0 Å². The summed E-state index contributed by atoms with van der Waals surface area (Å²) in [5.41, 5.74) is 7.17. The minimum atomic E-state index is -3.54. The van der Waals surface area contributed by atoms with Crippen molar-refractivity contribution in [2.24, 2.45) is 11.7 Å². The van der Waals surface area contributed by atoms with Crippen LogP contribution in [-0.4, -0.2) is 37.0 Å². The molecule has 0 bridgehead atoms. The summed E-state index contributed by atoms with van der Waals surface area (Å²) in [6, 6.07) is 5.15. The van der Waals surface area contributed by atoms with E-state index in [1.54, 1.807) is 25.1 Å². The first-order valence-corrected chi connectivity index (χ1v) is 8.28. The van der Waals surface area contributed by atoms with Crippen LogP contribution in [0.1, 0.15) is 24.5 Å². The molecule has 2 atom stereocenters. The molecule has 1 aromatic carbocycles. The minimum Gasteiger partial charge on any atom is -0.391 e. The highest BCUT2D eigenvalue weighted by atomic mass is 32.2. The van der Waals surface area contributed by atoms with E-state index in [4.69, 9.17) is 5.73 Å². The lowest BCUT2D eigenvalue weighted by atomic mass is 9.98. The van der Waals surface area contributed by atoms with Crippen molar-refractivity contribution >= 4 is 10.0 Å². The van der Waals surface area contributed by atoms with Gasteiger partial charge in [0.1, 0.15) is 0 Å². The predicted octanol–water partition coefficient (Wildman–Crippen LogP) is 0.845. The van der Waals surface area contributed by atoms with Crippen LogP contribution in [0, 0.1) is 12.8 Å². The van der Waals surface area contributed by atoms with Crippen LogP contribution < -0.4 is 5.73 Å². The Hall–Kier alpha value is -0.950. The lowest BCUT2D eigenvalue weighted by molar-refractivity contribution is 0.0605. The minimum absolute atomic E-state index is 0.141. The van der Waals surface area contributed by atoms with E-state index >= 15 is 0 Å². The highest BCUT2D eigenvalue weighted by Gasteiger charge is 2.33. The molecule has 1 aliphatic rings. The maximum Gasteiger partial charge on any atom is 0.243 e. The fraction of sp³-hybridized carbons (Fsp3) is 0.571. The third kappa shape index (κ3) is 2.88. The molecule has 1 fully saturated rings. The molecule has 0 spiro atoms. The van der Waals surface area contributed by atoms with Gasteiger partial charge in [-0.1, -0.05) is 19.1 Å². The first kappa shape index (κ1) is 15.4. The topological polar surface area (TPSA) is 83.6 Å². The summed E-state index contributed by atoms with van der Waals surface area (Å²) in [6.45, 7) is 4.73. The highest BCUT2D eigenvalue weighted by molar-refractivity contribution is 7.89. The SMILES string of the molecule is Cc1cc(CN)ccc1S(=O)(=O)N1CCC(C)C(O)C1. The second-order valence-electron chi connectivity index (χ2n) is 5.50. The number of sulfonamides is 1. The molecule has 2 unspecified atom stereocenters. The summed E-state index contributed by atoms with van der Waals surface area (Å²) in [7, 11) is -3.54. The summed E-state index contributed by atoms with van der Waals surface area (Å²) >= 11 is 0. The molecule has 20 heavy (non-hydrogen) atoms. The van der Waals surface area contributed by atoms with Crippen molar-refractivity contribution in [1.29, 1.82) is 0 Å². The number of hydrogen-bond acceptors (Lipinski definition) is 4. The maximum absolute atomic E-state index is 12.6. The first-order chi connectivity index (χ1) is 9.36. The zero-order valence-corrected chi connectivity index (χ0v) is 12.7. The van der Waals surface area contributed by atoms with Gasteiger partial charge in [0, 0.05) is 19.6 Å². The molecule has 1 aliphatic heterocycles. The predicted molar refractivity (Wildman–Crippen MR) is 77.6 cm³/mol. The van der Waals surface area contributed by atoms with Gasteiger partial charge in [0.2, 0.25) is 10.0 Å². The summed E-state index contributed by atoms with van der Waals surface area (Å²) in [5, 5.41) is 9.89. The molecule has 6 heteroatoms. The number of β-amino-alcohol motifs (C(OH)–C–C–N with tert-alkyl or cyclic N) is 1. The van der Waals surface area contributed by atoms with Crippen LogP contribution in [0.4, 0.5) is 0 Å². The quantitative estimate of drug-likeness (QED) is 0.866. The van der Waals surface area contributed by atoms with Crippen molar-refractivity contribution < 1.29 is 13.5 Å². The zero-order valence-electron chi connectivity index (χ0n) is 11.9. The molecule has 0 aromatic heterocycles. The van der Waals surface area contributed by atoms with Crippen molar-refractivity contribution in [3.8, 4) is 0 Å². The van der Waals surface area contributed by atoms with E-state index in [0.717, 1.165) is 5.56 Å². The summed E-state index contributed by atoms with van der Waals surface area (Å²) in [5.74, 6) is 0.141. The molecule has 1 aromatic rings. The van der Waals surface area contributed by atoms with Crippen LogP contribution in [0.5, 0.6) is 0 Å². The van der Waals surface area contributed by atoms with Crippen LogP contribution >= 0.6 is 0 Å². The number of benzene rings is 1. The summed E-state index contributed by atoms with van der Waals surface area (Å²) in [4.78, 5) is 0.302. The Labute approximate surface area is 120 Å². The Morgan fingerprint density at radius 3 is 2.70 bits per heavy atom. The molecule has 1 saturated heterocycles. The fourth-order valence-electron chi connectivity index (χ4n) is 2.51. The fourth-order valence-corrected chi connectivity index (χ4v) is 4.18. The monoisotopic (exact) mass is 298 g/mol. The van der Waals surface area contributed by atoms with Gasteiger partial charge < -0.3 is 10.8 Å². The molecule has 1 heterocycles. The van der Waals surface area contributed by atoms with Crippen LogP contribution in [0.2, 0.25) is 0 Å². The van der Waals surface area contributed by atoms with Gasteiger partial charge >= 0.3 is 0 Å². The van der Waals surface area contributed by atoms with Crippen LogP contribution in [0.25, 0.3) is 0 Å². The second-order valence-corrected chi connectivity index (χ2v) is 7.41. The number of nitrogens with two attached hydrogens (primary N) is 1. The Morgan fingerprint density at radius 1 is 1.45 bits per heavy atom. The van der Waals surface area contributed by atoms with Crippen molar-refractivity contribution in [3.05, 3.63) is 29.3 Å². The average molecular weight is 298 g/mol. The first-order valence-electron chi connectivity index (χ1n) is 6.84. The number of aryl methyl sites for hydroxylation is 1. The van der Waals surface area contributed by atoms with E-state index in [-0.39, 0.29) is 12.5 Å². The Kier molecular flexibility index (Phi) is 4.49. The molecular weight excluding hydrogens is 276 g/mol. The molecule has 3 N–H and O–H groups in total. The van der Waals surface area contributed by atoms with Gasteiger partial charge in [0.15, 0.2) is 0 Å². The van der Waals surface area contributed by atoms with E-state index in [9.17, 15) is 13.5 Å². The Morgan fingerprint density at radius 2 is 2.15 bits per heavy atom. The average Bonchev–Trinajstić information content (AvgIpc) is 2.41. The summed E-state index contributed by atoms with van der Waals surface area (Å²) in [6.07, 6.45) is 0.0856. The molecule has 5 nitrogen and oxygen atoms in total. The number of hydrogen-bond donors (Lipinski definition) is 2. The van der Waals surface area contributed by atoms with Crippen LogP contribution in [0.15, 0.2) is 23.1 Å². The largest absolute Gasteiger partial charge is 0.391 e. The van der Waals surface area contributed by atoms with Crippen LogP contribution in [-0.2, 0) is 16.6 Å². The Balaban J connectivity index is 2.31. The van der Waals surface area contributed by atoms with E-state index in [1.807, 2.05) is 6.92 Å². The van der Waals surface area contributed by atoms with Gasteiger partial charge in [-0.25, -0.2) is 8.42 Å². The number of nitrogens with zero attached hydrogens (tertiary/aromatic N) is 1.